The fourth-order valence-electron chi connectivity index (χ4n) is 1.89. The van der Waals surface area contributed by atoms with Crippen molar-refractivity contribution < 1.29 is 4.79 Å². The van der Waals surface area contributed by atoms with Crippen molar-refractivity contribution in [1.82, 2.24) is 4.90 Å². The Hall–Kier alpha value is -1.57. The summed E-state index contributed by atoms with van der Waals surface area (Å²) >= 11 is 0. The quantitative estimate of drug-likeness (QED) is 0.723. The molecule has 0 atom stereocenters. The molecule has 0 aliphatic rings. The first-order chi connectivity index (χ1) is 8.56. The number of allylic oxidation sites excluding steroid dienone is 1. The summed E-state index contributed by atoms with van der Waals surface area (Å²) in [6.07, 6.45) is 2.89. The Morgan fingerprint density at radius 3 is 2.39 bits per heavy atom. The van der Waals surface area contributed by atoms with E-state index in [-0.39, 0.29) is 11.9 Å². The van der Waals surface area contributed by atoms with Crippen molar-refractivity contribution in [3.63, 3.8) is 0 Å². The summed E-state index contributed by atoms with van der Waals surface area (Å²) in [6.45, 7) is 8.73. The highest BCUT2D eigenvalue weighted by Crippen LogP contribution is 2.12. The lowest BCUT2D eigenvalue weighted by Gasteiger charge is -2.27. The third-order valence-corrected chi connectivity index (χ3v) is 2.93. The van der Waals surface area contributed by atoms with Crippen LogP contribution in [-0.4, -0.2) is 16.8 Å². The zero-order valence-electron chi connectivity index (χ0n) is 11.8. The maximum absolute atomic E-state index is 12.3. The molecule has 18 heavy (non-hydrogen) atoms. The minimum atomic E-state index is 0.135. The Kier molecular flexibility index (Phi) is 5.63. The Morgan fingerprint density at radius 1 is 1.28 bits per heavy atom. The van der Waals surface area contributed by atoms with E-state index in [1.54, 1.807) is 0 Å². The van der Waals surface area contributed by atoms with Gasteiger partial charge >= 0.3 is 0 Å². The van der Waals surface area contributed by atoms with Gasteiger partial charge < -0.3 is 4.90 Å². The van der Waals surface area contributed by atoms with Crippen molar-refractivity contribution in [2.45, 2.75) is 46.7 Å². The van der Waals surface area contributed by atoms with Crippen LogP contribution >= 0.6 is 0 Å². The van der Waals surface area contributed by atoms with E-state index in [0.29, 0.717) is 6.54 Å². The van der Waals surface area contributed by atoms with Gasteiger partial charge in [-0.1, -0.05) is 43.3 Å². The Labute approximate surface area is 110 Å². The van der Waals surface area contributed by atoms with E-state index in [9.17, 15) is 4.79 Å². The molecule has 1 aromatic carbocycles. The van der Waals surface area contributed by atoms with Crippen molar-refractivity contribution in [1.29, 1.82) is 0 Å². The van der Waals surface area contributed by atoms with Gasteiger partial charge in [0.25, 0.3) is 0 Å². The Bertz CT molecular complexity index is 406. The molecule has 0 unspecified atom stereocenters. The van der Waals surface area contributed by atoms with Gasteiger partial charge in [0.05, 0.1) is 0 Å². The van der Waals surface area contributed by atoms with Crippen molar-refractivity contribution in [3.8, 4) is 0 Å². The fourth-order valence-corrected chi connectivity index (χ4v) is 1.89. The molecule has 0 saturated carbocycles. The van der Waals surface area contributed by atoms with Crippen LogP contribution in [0, 0.1) is 0 Å². The van der Waals surface area contributed by atoms with E-state index in [1.165, 1.54) is 5.56 Å². The van der Waals surface area contributed by atoms with Gasteiger partial charge in [-0.15, -0.1) is 0 Å². The number of hydrogen-bond acceptors (Lipinski definition) is 1. The third-order valence-electron chi connectivity index (χ3n) is 2.93. The number of benzene rings is 1. The topological polar surface area (TPSA) is 20.3 Å². The monoisotopic (exact) mass is 245 g/mol. The van der Waals surface area contributed by atoms with Crippen LogP contribution in [0.25, 0.3) is 0 Å². The molecule has 0 heterocycles. The van der Waals surface area contributed by atoms with E-state index in [0.717, 1.165) is 12.0 Å². The van der Waals surface area contributed by atoms with Crippen LogP contribution in [0.15, 0.2) is 42.0 Å². The normalized spacial score (nSPS) is 11.7. The van der Waals surface area contributed by atoms with Crippen LogP contribution < -0.4 is 0 Å². The molecule has 0 radical (unpaired) electrons. The van der Waals surface area contributed by atoms with Gasteiger partial charge in [-0.05, 0) is 32.8 Å². The first kappa shape index (κ1) is 14.5. The van der Waals surface area contributed by atoms with Crippen LogP contribution in [-0.2, 0) is 11.3 Å². The van der Waals surface area contributed by atoms with E-state index in [2.05, 4.69) is 26.0 Å². The minimum Gasteiger partial charge on any atom is -0.332 e. The molecule has 1 aromatic rings. The van der Waals surface area contributed by atoms with Crippen molar-refractivity contribution in [2.24, 2.45) is 0 Å². The summed E-state index contributed by atoms with van der Waals surface area (Å²) in [6, 6.07) is 10.3. The minimum absolute atomic E-state index is 0.135. The van der Waals surface area contributed by atoms with Crippen LogP contribution in [0.4, 0.5) is 0 Å². The second-order valence-electron chi connectivity index (χ2n) is 4.81. The third kappa shape index (κ3) is 4.02. The summed E-state index contributed by atoms with van der Waals surface area (Å²) < 4.78 is 0. The van der Waals surface area contributed by atoms with E-state index in [1.807, 2.05) is 43.0 Å². The highest BCUT2D eigenvalue weighted by atomic mass is 16.2. The fraction of sp³-hybridized carbons (Fsp3) is 0.438. The SMILES string of the molecule is CCC=C(C)C(=O)N(Cc1ccccc1)C(C)C. The summed E-state index contributed by atoms with van der Waals surface area (Å²) in [5.74, 6) is 0.135. The van der Waals surface area contributed by atoms with Crippen molar-refractivity contribution in [3.05, 3.63) is 47.5 Å². The second-order valence-corrected chi connectivity index (χ2v) is 4.81. The molecular formula is C16H23NO. The van der Waals surface area contributed by atoms with Crippen LogP contribution in [0.3, 0.4) is 0 Å². The van der Waals surface area contributed by atoms with Crippen LogP contribution in [0.2, 0.25) is 0 Å². The molecule has 0 bridgehead atoms. The number of hydrogen-bond donors (Lipinski definition) is 0. The van der Waals surface area contributed by atoms with Gasteiger partial charge in [0.15, 0.2) is 0 Å². The molecule has 0 aromatic heterocycles. The molecule has 2 nitrogen and oxygen atoms in total. The molecule has 2 heteroatoms. The number of nitrogens with zero attached hydrogens (tertiary/aromatic N) is 1. The molecular weight excluding hydrogens is 222 g/mol. The molecule has 0 aliphatic heterocycles. The van der Waals surface area contributed by atoms with Gasteiger partial charge in [0, 0.05) is 18.2 Å². The van der Waals surface area contributed by atoms with Crippen LogP contribution in [0.1, 0.15) is 39.7 Å². The van der Waals surface area contributed by atoms with Gasteiger partial charge in [0.1, 0.15) is 0 Å². The molecule has 1 amide bonds. The lowest BCUT2D eigenvalue weighted by atomic mass is 10.1. The van der Waals surface area contributed by atoms with Crippen LogP contribution in [0.5, 0.6) is 0 Å². The Balaban J connectivity index is 2.84. The molecule has 0 N–H and O–H groups in total. The van der Waals surface area contributed by atoms with E-state index in [4.69, 9.17) is 0 Å². The molecule has 1 rings (SSSR count). The average Bonchev–Trinajstić information content (AvgIpc) is 2.36. The lowest BCUT2D eigenvalue weighted by Crippen LogP contribution is -2.36. The first-order valence-electron chi connectivity index (χ1n) is 6.58. The predicted molar refractivity (Wildman–Crippen MR) is 76.2 cm³/mol. The number of carbonyl (C=O) groups is 1. The molecule has 98 valence electrons. The predicted octanol–water partition coefficient (Wildman–Crippen LogP) is 3.78. The van der Waals surface area contributed by atoms with Gasteiger partial charge in [-0.3, -0.25) is 4.79 Å². The van der Waals surface area contributed by atoms with E-state index < -0.39 is 0 Å². The van der Waals surface area contributed by atoms with Gasteiger partial charge in [-0.25, -0.2) is 0 Å². The van der Waals surface area contributed by atoms with Gasteiger partial charge in [-0.2, -0.15) is 0 Å². The molecule has 0 aliphatic carbocycles. The molecule has 0 saturated heterocycles. The summed E-state index contributed by atoms with van der Waals surface area (Å²) in [7, 11) is 0. The Morgan fingerprint density at radius 2 is 1.89 bits per heavy atom. The van der Waals surface area contributed by atoms with Gasteiger partial charge in [0.2, 0.25) is 5.91 Å². The second kappa shape index (κ2) is 7.00. The first-order valence-corrected chi connectivity index (χ1v) is 6.58. The van der Waals surface area contributed by atoms with Crippen molar-refractivity contribution in [2.75, 3.05) is 0 Å². The highest BCUT2D eigenvalue weighted by Gasteiger charge is 2.18. The summed E-state index contributed by atoms with van der Waals surface area (Å²) in [5, 5.41) is 0. The smallest absolute Gasteiger partial charge is 0.249 e. The lowest BCUT2D eigenvalue weighted by molar-refractivity contribution is -0.129. The number of amides is 1. The summed E-state index contributed by atoms with van der Waals surface area (Å²) in [4.78, 5) is 14.3. The van der Waals surface area contributed by atoms with Crippen molar-refractivity contribution >= 4 is 5.91 Å². The maximum atomic E-state index is 12.3. The maximum Gasteiger partial charge on any atom is 0.249 e. The zero-order valence-corrected chi connectivity index (χ0v) is 11.8. The van der Waals surface area contributed by atoms with E-state index >= 15 is 0 Å². The highest BCUT2D eigenvalue weighted by molar-refractivity contribution is 5.92. The number of carbonyl (C=O) groups excluding carboxylic acids is 1. The molecule has 0 fully saturated rings. The average molecular weight is 245 g/mol. The largest absolute Gasteiger partial charge is 0.332 e. The standard InChI is InChI=1S/C16H23NO/c1-5-9-14(4)16(18)17(13(2)3)12-15-10-7-6-8-11-15/h6-11,13H,5,12H2,1-4H3. The zero-order chi connectivity index (χ0) is 13.5. The number of rotatable bonds is 5. The summed E-state index contributed by atoms with van der Waals surface area (Å²) in [5.41, 5.74) is 2.01. The molecule has 0 spiro atoms.